The summed E-state index contributed by atoms with van der Waals surface area (Å²) >= 11 is 0. The summed E-state index contributed by atoms with van der Waals surface area (Å²) in [5, 5.41) is 14.8. The van der Waals surface area contributed by atoms with E-state index in [1.807, 2.05) is 48.5 Å². The van der Waals surface area contributed by atoms with Gasteiger partial charge in [-0.3, -0.25) is 9.59 Å². The average molecular weight is 401 g/mol. The van der Waals surface area contributed by atoms with Crippen molar-refractivity contribution in [1.29, 1.82) is 0 Å². The molecule has 0 aliphatic heterocycles. The fourth-order valence-corrected chi connectivity index (χ4v) is 3.70. The van der Waals surface area contributed by atoms with Crippen molar-refractivity contribution in [1.82, 2.24) is 5.32 Å². The Morgan fingerprint density at radius 3 is 2.57 bits per heavy atom. The van der Waals surface area contributed by atoms with Gasteiger partial charge in [-0.15, -0.1) is 0 Å². The minimum absolute atomic E-state index is 0.0833. The minimum atomic E-state index is -0.302. The van der Waals surface area contributed by atoms with E-state index in [0.717, 1.165) is 28.9 Å². The molecule has 30 heavy (non-hydrogen) atoms. The molecule has 0 aromatic heterocycles. The van der Waals surface area contributed by atoms with Crippen LogP contribution in [0, 0.1) is 0 Å². The number of amides is 1. The smallest absolute Gasteiger partial charge is 0.251 e. The van der Waals surface area contributed by atoms with Crippen molar-refractivity contribution >= 4 is 28.8 Å². The second-order valence-electron chi connectivity index (χ2n) is 7.26. The molecule has 1 aliphatic carbocycles. The van der Waals surface area contributed by atoms with Crippen LogP contribution in [0.25, 0.3) is 0 Å². The van der Waals surface area contributed by atoms with E-state index in [0.29, 0.717) is 28.8 Å². The third-order valence-electron chi connectivity index (χ3n) is 5.27. The maximum atomic E-state index is 13.2. The van der Waals surface area contributed by atoms with E-state index in [-0.39, 0.29) is 24.8 Å². The van der Waals surface area contributed by atoms with Gasteiger partial charge in [0, 0.05) is 28.9 Å². The molecular weight excluding hydrogens is 378 g/mol. The quantitative estimate of drug-likeness (QED) is 0.492. The van der Waals surface area contributed by atoms with Gasteiger partial charge in [-0.05, 0) is 66.4 Å². The zero-order valence-corrected chi connectivity index (χ0v) is 16.4. The highest BCUT2D eigenvalue weighted by Crippen LogP contribution is 2.29. The van der Waals surface area contributed by atoms with Crippen LogP contribution < -0.4 is 16.4 Å². The van der Waals surface area contributed by atoms with E-state index in [1.165, 1.54) is 0 Å². The number of para-hydroxylation sites is 2. The number of fused-ring (bicyclic) bond motifs is 2. The molecule has 0 unspecified atom stereocenters. The van der Waals surface area contributed by atoms with E-state index in [4.69, 9.17) is 10.8 Å². The predicted octanol–water partition coefficient (Wildman–Crippen LogP) is 3.06. The van der Waals surface area contributed by atoms with Gasteiger partial charge in [-0.2, -0.15) is 0 Å². The lowest BCUT2D eigenvalue weighted by molar-refractivity contribution is 0.0944. The number of nitrogen functional groups attached to an aromatic ring is 1. The van der Waals surface area contributed by atoms with Crippen LogP contribution in [0.15, 0.2) is 60.7 Å². The number of rotatable bonds is 5. The molecule has 6 heteroatoms. The topological polar surface area (TPSA) is 104 Å². The molecule has 3 aromatic rings. The summed E-state index contributed by atoms with van der Waals surface area (Å²) in [5.41, 5.74) is 11.9. The van der Waals surface area contributed by atoms with Crippen LogP contribution in [0.2, 0.25) is 0 Å². The summed E-state index contributed by atoms with van der Waals surface area (Å²) in [4.78, 5) is 25.4. The third-order valence-corrected chi connectivity index (χ3v) is 5.27. The monoisotopic (exact) mass is 401 g/mol. The first-order chi connectivity index (χ1) is 14.6. The number of nitrogens with one attached hydrogen (secondary N) is 2. The molecule has 5 N–H and O–H groups in total. The molecule has 152 valence electrons. The number of benzene rings is 3. The number of aliphatic hydroxyl groups is 1. The summed E-state index contributed by atoms with van der Waals surface area (Å²) < 4.78 is 0. The number of hydrogen-bond acceptors (Lipinski definition) is 5. The zero-order chi connectivity index (χ0) is 21.1. The number of hydrogen-bond donors (Lipinski definition) is 4. The zero-order valence-electron chi connectivity index (χ0n) is 16.4. The lowest BCUT2D eigenvalue weighted by Crippen LogP contribution is -2.26. The molecule has 0 bridgehead atoms. The van der Waals surface area contributed by atoms with Crippen molar-refractivity contribution in [2.24, 2.45) is 0 Å². The Bertz CT molecular complexity index is 1120. The SMILES string of the molecule is Nc1ccccc1Nc1ccc2c(c1)CCc1ccc(C(=O)NCCO)cc1C2=O. The Morgan fingerprint density at radius 1 is 0.967 bits per heavy atom. The fraction of sp³-hybridized carbons (Fsp3) is 0.167. The predicted molar refractivity (Wildman–Crippen MR) is 117 cm³/mol. The number of ketones is 1. The van der Waals surface area contributed by atoms with E-state index >= 15 is 0 Å². The first kappa shape index (κ1) is 19.7. The molecule has 0 radical (unpaired) electrons. The van der Waals surface area contributed by atoms with Crippen molar-refractivity contribution in [3.63, 3.8) is 0 Å². The van der Waals surface area contributed by atoms with Crippen molar-refractivity contribution in [2.75, 3.05) is 24.2 Å². The molecule has 3 aromatic carbocycles. The maximum Gasteiger partial charge on any atom is 0.251 e. The highest BCUT2D eigenvalue weighted by molar-refractivity contribution is 6.12. The van der Waals surface area contributed by atoms with Gasteiger partial charge in [0.05, 0.1) is 18.0 Å². The Hall–Kier alpha value is -3.64. The largest absolute Gasteiger partial charge is 0.397 e. The van der Waals surface area contributed by atoms with Crippen LogP contribution >= 0.6 is 0 Å². The van der Waals surface area contributed by atoms with E-state index in [2.05, 4.69) is 10.6 Å². The summed E-state index contributed by atoms with van der Waals surface area (Å²) in [6, 6.07) is 18.4. The molecule has 6 nitrogen and oxygen atoms in total. The lowest BCUT2D eigenvalue weighted by atomic mass is 9.96. The summed E-state index contributed by atoms with van der Waals surface area (Å²) in [5.74, 6) is -0.385. The normalized spacial score (nSPS) is 12.5. The number of aliphatic hydroxyl groups excluding tert-OH is 1. The highest BCUT2D eigenvalue weighted by atomic mass is 16.3. The van der Waals surface area contributed by atoms with Gasteiger partial charge in [0.1, 0.15) is 0 Å². The van der Waals surface area contributed by atoms with Crippen LogP contribution in [-0.4, -0.2) is 29.9 Å². The van der Waals surface area contributed by atoms with Crippen molar-refractivity contribution < 1.29 is 14.7 Å². The lowest BCUT2D eigenvalue weighted by Gasteiger charge is -2.12. The number of anilines is 3. The standard InChI is InChI=1S/C24H23N3O3/c25-21-3-1-2-4-22(21)27-18-9-10-19-16(13-18)7-5-15-6-8-17(14-20(15)23(19)29)24(30)26-11-12-28/h1-4,6,8-10,13-14,27-28H,5,7,11-12,25H2,(H,26,30). The van der Waals surface area contributed by atoms with Gasteiger partial charge in [0.15, 0.2) is 5.78 Å². The highest BCUT2D eigenvalue weighted by Gasteiger charge is 2.23. The Labute approximate surface area is 174 Å². The first-order valence-corrected chi connectivity index (χ1v) is 9.88. The number of carbonyl (C=O) groups excluding carboxylic acids is 2. The van der Waals surface area contributed by atoms with Gasteiger partial charge in [-0.1, -0.05) is 18.2 Å². The van der Waals surface area contributed by atoms with E-state index < -0.39 is 0 Å². The van der Waals surface area contributed by atoms with Crippen molar-refractivity contribution in [3.05, 3.63) is 88.5 Å². The van der Waals surface area contributed by atoms with Crippen molar-refractivity contribution in [3.8, 4) is 0 Å². The van der Waals surface area contributed by atoms with E-state index in [9.17, 15) is 9.59 Å². The van der Waals surface area contributed by atoms with Crippen LogP contribution in [0.5, 0.6) is 0 Å². The Morgan fingerprint density at radius 2 is 1.77 bits per heavy atom. The molecule has 1 amide bonds. The van der Waals surface area contributed by atoms with E-state index in [1.54, 1.807) is 12.1 Å². The van der Waals surface area contributed by atoms with Crippen molar-refractivity contribution in [2.45, 2.75) is 12.8 Å². The van der Waals surface area contributed by atoms with Crippen LogP contribution in [0.4, 0.5) is 17.1 Å². The summed E-state index contributed by atoms with van der Waals surface area (Å²) in [7, 11) is 0. The molecular formula is C24H23N3O3. The molecule has 0 fully saturated rings. The van der Waals surface area contributed by atoms with Crippen LogP contribution in [0.3, 0.4) is 0 Å². The Kier molecular flexibility index (Phi) is 5.50. The molecule has 0 saturated carbocycles. The molecule has 0 saturated heterocycles. The van der Waals surface area contributed by atoms with Gasteiger partial charge in [0.25, 0.3) is 5.91 Å². The minimum Gasteiger partial charge on any atom is -0.397 e. The van der Waals surface area contributed by atoms with Gasteiger partial charge < -0.3 is 21.5 Å². The van der Waals surface area contributed by atoms with Gasteiger partial charge in [-0.25, -0.2) is 0 Å². The number of aryl methyl sites for hydroxylation is 2. The molecule has 0 atom stereocenters. The fourth-order valence-electron chi connectivity index (χ4n) is 3.70. The number of carbonyl (C=O) groups is 2. The van der Waals surface area contributed by atoms with Crippen LogP contribution in [-0.2, 0) is 12.8 Å². The molecule has 0 heterocycles. The number of nitrogens with two attached hydrogens (primary N) is 1. The third kappa shape index (κ3) is 3.90. The first-order valence-electron chi connectivity index (χ1n) is 9.88. The van der Waals surface area contributed by atoms with Crippen LogP contribution in [0.1, 0.15) is 37.4 Å². The molecule has 1 aliphatic rings. The maximum absolute atomic E-state index is 13.2. The summed E-state index contributed by atoms with van der Waals surface area (Å²) in [6.07, 6.45) is 1.44. The molecule has 0 spiro atoms. The Balaban J connectivity index is 1.63. The molecule has 4 rings (SSSR count). The van der Waals surface area contributed by atoms with Gasteiger partial charge >= 0.3 is 0 Å². The van der Waals surface area contributed by atoms with Gasteiger partial charge in [0.2, 0.25) is 0 Å². The second-order valence-corrected chi connectivity index (χ2v) is 7.26. The second kappa shape index (κ2) is 8.39. The summed E-state index contributed by atoms with van der Waals surface area (Å²) in [6.45, 7) is 0.0440. The average Bonchev–Trinajstić information content (AvgIpc) is 2.90.